The molecular formula is C23H23N3O2S2. The lowest BCUT2D eigenvalue weighted by atomic mass is 10.2. The van der Waals surface area contributed by atoms with Crippen LogP contribution in [0.2, 0.25) is 0 Å². The van der Waals surface area contributed by atoms with Crippen LogP contribution in [0, 0.1) is 5.92 Å². The standard InChI is InChI=1S/C23H23N3O2S2/c1-15(2)12-26-22(27)17-8-4-6-10-19(17)25-23(26)30-14-16-13-29-21(24-16)18-9-5-7-11-20(18)28-3/h4-11,13,15H,12,14H2,1-3H3. The van der Waals surface area contributed by atoms with Gasteiger partial charge in [0.15, 0.2) is 5.16 Å². The fourth-order valence-corrected chi connectivity index (χ4v) is 5.10. The summed E-state index contributed by atoms with van der Waals surface area (Å²) in [4.78, 5) is 22.6. The number of hydrogen-bond acceptors (Lipinski definition) is 6. The number of para-hydroxylation sites is 2. The first kappa shape index (κ1) is 20.6. The zero-order valence-electron chi connectivity index (χ0n) is 17.2. The molecule has 4 rings (SSSR count). The van der Waals surface area contributed by atoms with Crippen molar-refractivity contribution >= 4 is 34.0 Å². The van der Waals surface area contributed by atoms with Crippen LogP contribution in [0.25, 0.3) is 21.5 Å². The molecule has 5 nitrogen and oxygen atoms in total. The highest BCUT2D eigenvalue weighted by molar-refractivity contribution is 7.98. The molecule has 0 spiro atoms. The zero-order valence-corrected chi connectivity index (χ0v) is 18.8. The first-order valence-corrected chi connectivity index (χ1v) is 11.6. The van der Waals surface area contributed by atoms with Gasteiger partial charge < -0.3 is 4.74 Å². The van der Waals surface area contributed by atoms with E-state index in [2.05, 4.69) is 19.2 Å². The van der Waals surface area contributed by atoms with E-state index in [9.17, 15) is 4.79 Å². The van der Waals surface area contributed by atoms with Crippen molar-refractivity contribution in [2.24, 2.45) is 5.92 Å². The topological polar surface area (TPSA) is 57.0 Å². The van der Waals surface area contributed by atoms with E-state index in [1.165, 1.54) is 0 Å². The van der Waals surface area contributed by atoms with Crippen molar-refractivity contribution in [2.45, 2.75) is 31.3 Å². The monoisotopic (exact) mass is 437 g/mol. The van der Waals surface area contributed by atoms with Gasteiger partial charge in [-0.05, 0) is 30.2 Å². The average Bonchev–Trinajstić information content (AvgIpc) is 3.23. The summed E-state index contributed by atoms with van der Waals surface area (Å²) in [6, 6.07) is 15.4. The first-order valence-electron chi connectivity index (χ1n) is 9.77. The van der Waals surface area contributed by atoms with Gasteiger partial charge in [0.2, 0.25) is 0 Å². The van der Waals surface area contributed by atoms with E-state index in [0.29, 0.717) is 23.6 Å². The second-order valence-electron chi connectivity index (χ2n) is 7.35. The van der Waals surface area contributed by atoms with E-state index in [4.69, 9.17) is 14.7 Å². The van der Waals surface area contributed by atoms with Crippen LogP contribution in [0.5, 0.6) is 5.75 Å². The number of thioether (sulfide) groups is 1. The van der Waals surface area contributed by atoms with Crippen LogP contribution in [0.4, 0.5) is 0 Å². The molecule has 0 bridgehead atoms. The molecule has 30 heavy (non-hydrogen) atoms. The average molecular weight is 438 g/mol. The van der Waals surface area contributed by atoms with E-state index in [-0.39, 0.29) is 5.56 Å². The molecule has 0 saturated heterocycles. The van der Waals surface area contributed by atoms with Crippen LogP contribution in [0.15, 0.2) is 63.9 Å². The number of fused-ring (bicyclic) bond motifs is 1. The second kappa shape index (κ2) is 9.02. The number of thiazole rings is 1. The van der Waals surface area contributed by atoms with Crippen LogP contribution in [-0.4, -0.2) is 21.6 Å². The van der Waals surface area contributed by atoms with Crippen molar-refractivity contribution in [1.29, 1.82) is 0 Å². The fraction of sp³-hybridized carbons (Fsp3) is 0.261. The van der Waals surface area contributed by atoms with Crippen LogP contribution in [-0.2, 0) is 12.3 Å². The molecule has 0 fully saturated rings. The molecule has 2 heterocycles. The molecule has 2 aromatic carbocycles. The van der Waals surface area contributed by atoms with Gasteiger partial charge in [0, 0.05) is 17.7 Å². The molecule has 7 heteroatoms. The number of rotatable bonds is 7. The van der Waals surface area contributed by atoms with E-state index in [0.717, 1.165) is 32.7 Å². The van der Waals surface area contributed by atoms with Gasteiger partial charge in [0.1, 0.15) is 10.8 Å². The van der Waals surface area contributed by atoms with Crippen LogP contribution >= 0.6 is 23.1 Å². The lowest BCUT2D eigenvalue weighted by Crippen LogP contribution is -2.25. The molecule has 0 amide bonds. The van der Waals surface area contributed by atoms with Crippen LogP contribution in [0.1, 0.15) is 19.5 Å². The third-order valence-corrected chi connectivity index (χ3v) is 6.55. The third-order valence-electron chi connectivity index (χ3n) is 4.61. The van der Waals surface area contributed by atoms with Gasteiger partial charge in [-0.15, -0.1) is 11.3 Å². The van der Waals surface area contributed by atoms with E-state index >= 15 is 0 Å². The molecule has 0 saturated carbocycles. The summed E-state index contributed by atoms with van der Waals surface area (Å²) in [7, 11) is 1.67. The molecule has 4 aromatic rings. The number of aromatic nitrogens is 3. The highest BCUT2D eigenvalue weighted by atomic mass is 32.2. The Morgan fingerprint density at radius 2 is 1.87 bits per heavy atom. The summed E-state index contributed by atoms with van der Waals surface area (Å²) in [5.74, 6) is 1.81. The van der Waals surface area contributed by atoms with Gasteiger partial charge in [-0.3, -0.25) is 9.36 Å². The molecule has 154 valence electrons. The Morgan fingerprint density at radius 1 is 1.10 bits per heavy atom. The maximum Gasteiger partial charge on any atom is 0.262 e. The molecule has 0 N–H and O–H groups in total. The van der Waals surface area contributed by atoms with Crippen molar-refractivity contribution < 1.29 is 4.74 Å². The molecule has 0 radical (unpaired) electrons. The Bertz CT molecular complexity index is 1230. The maximum absolute atomic E-state index is 13.0. The summed E-state index contributed by atoms with van der Waals surface area (Å²) >= 11 is 3.15. The minimum Gasteiger partial charge on any atom is -0.496 e. The Morgan fingerprint density at radius 3 is 2.67 bits per heavy atom. The lowest BCUT2D eigenvalue weighted by Gasteiger charge is -2.14. The summed E-state index contributed by atoms with van der Waals surface area (Å²) in [5, 5.41) is 4.38. The molecule has 2 aromatic heterocycles. The molecule has 0 atom stereocenters. The molecule has 0 aliphatic carbocycles. The second-order valence-corrected chi connectivity index (χ2v) is 9.15. The van der Waals surface area contributed by atoms with Gasteiger partial charge in [-0.1, -0.05) is 49.9 Å². The predicted molar refractivity (Wildman–Crippen MR) is 125 cm³/mol. The summed E-state index contributed by atoms with van der Waals surface area (Å²) in [6.45, 7) is 4.86. The summed E-state index contributed by atoms with van der Waals surface area (Å²) in [6.07, 6.45) is 0. The molecular weight excluding hydrogens is 414 g/mol. The molecule has 0 unspecified atom stereocenters. The Balaban J connectivity index is 1.62. The van der Waals surface area contributed by atoms with E-state index in [1.807, 2.05) is 48.5 Å². The largest absolute Gasteiger partial charge is 0.496 e. The van der Waals surface area contributed by atoms with Crippen molar-refractivity contribution in [3.63, 3.8) is 0 Å². The number of nitrogens with zero attached hydrogens (tertiary/aromatic N) is 3. The van der Waals surface area contributed by atoms with E-state index < -0.39 is 0 Å². The van der Waals surface area contributed by atoms with Crippen LogP contribution in [0.3, 0.4) is 0 Å². The molecule has 0 aliphatic rings. The normalized spacial score (nSPS) is 11.3. The summed E-state index contributed by atoms with van der Waals surface area (Å²) < 4.78 is 7.26. The summed E-state index contributed by atoms with van der Waals surface area (Å²) in [5.41, 5.74) is 2.70. The fourth-order valence-electron chi connectivity index (χ4n) is 3.24. The van der Waals surface area contributed by atoms with E-state index in [1.54, 1.807) is 34.8 Å². The first-order chi connectivity index (χ1) is 14.6. The van der Waals surface area contributed by atoms with Gasteiger partial charge >= 0.3 is 0 Å². The van der Waals surface area contributed by atoms with Crippen molar-refractivity contribution in [3.8, 4) is 16.3 Å². The number of benzene rings is 2. The smallest absolute Gasteiger partial charge is 0.262 e. The molecule has 0 aliphatic heterocycles. The predicted octanol–water partition coefficient (Wildman–Crippen LogP) is 5.48. The van der Waals surface area contributed by atoms with Gasteiger partial charge in [0.05, 0.1) is 29.3 Å². The SMILES string of the molecule is COc1ccccc1-c1nc(CSc2nc3ccccc3c(=O)n2CC(C)C)cs1. The van der Waals surface area contributed by atoms with Crippen molar-refractivity contribution in [1.82, 2.24) is 14.5 Å². The Hall–Kier alpha value is -2.64. The minimum atomic E-state index is 0.0183. The lowest BCUT2D eigenvalue weighted by molar-refractivity contribution is 0.416. The maximum atomic E-state index is 13.0. The van der Waals surface area contributed by atoms with Gasteiger partial charge in [0.25, 0.3) is 5.56 Å². The third kappa shape index (κ3) is 4.27. The number of hydrogen-bond donors (Lipinski definition) is 0. The van der Waals surface area contributed by atoms with Gasteiger partial charge in [-0.25, -0.2) is 9.97 Å². The van der Waals surface area contributed by atoms with Crippen LogP contribution < -0.4 is 10.3 Å². The Kier molecular flexibility index (Phi) is 6.20. The number of ether oxygens (including phenoxy) is 1. The zero-order chi connectivity index (χ0) is 21.1. The quantitative estimate of drug-likeness (QED) is 0.283. The Labute approximate surface area is 183 Å². The highest BCUT2D eigenvalue weighted by Gasteiger charge is 2.14. The van der Waals surface area contributed by atoms with Crippen molar-refractivity contribution in [2.75, 3.05) is 7.11 Å². The van der Waals surface area contributed by atoms with Crippen molar-refractivity contribution in [3.05, 3.63) is 70.0 Å². The highest BCUT2D eigenvalue weighted by Crippen LogP contribution is 2.33. The van der Waals surface area contributed by atoms with Gasteiger partial charge in [-0.2, -0.15) is 0 Å². The number of methoxy groups -OCH3 is 1. The minimum absolute atomic E-state index is 0.0183.